The predicted molar refractivity (Wildman–Crippen MR) is 81.9 cm³/mol. The van der Waals surface area contributed by atoms with Gasteiger partial charge in [-0.05, 0) is 48.4 Å². The van der Waals surface area contributed by atoms with Crippen molar-refractivity contribution in [2.45, 2.75) is 6.42 Å². The maximum absolute atomic E-state index is 13.6. The normalized spacial score (nSPS) is 10.5. The monoisotopic (exact) mass is 322 g/mol. The highest BCUT2D eigenvalue weighted by Gasteiger charge is 2.06. The first-order valence-corrected chi connectivity index (χ1v) is 6.86. The molecule has 0 aliphatic rings. The van der Waals surface area contributed by atoms with Crippen LogP contribution in [-0.4, -0.2) is 13.6 Å². The van der Waals surface area contributed by atoms with Gasteiger partial charge in [0.25, 0.3) is 0 Å². The molecule has 0 aromatic heterocycles. The maximum Gasteiger partial charge on any atom is 0.126 e. The maximum atomic E-state index is 13.6. The van der Waals surface area contributed by atoms with E-state index in [0.29, 0.717) is 12.0 Å². The van der Waals surface area contributed by atoms with E-state index in [9.17, 15) is 4.39 Å². The van der Waals surface area contributed by atoms with E-state index in [2.05, 4.69) is 20.8 Å². The van der Waals surface area contributed by atoms with Crippen LogP contribution in [0.25, 0.3) is 0 Å². The lowest BCUT2D eigenvalue weighted by Gasteiger charge is -2.19. The van der Waals surface area contributed by atoms with Gasteiger partial charge in [0.05, 0.1) is 0 Å². The summed E-state index contributed by atoms with van der Waals surface area (Å²) in [6.45, 7) is 0.733. The van der Waals surface area contributed by atoms with E-state index in [0.717, 1.165) is 22.4 Å². The minimum Gasteiger partial charge on any atom is -0.399 e. The molecule has 0 heterocycles. The summed E-state index contributed by atoms with van der Waals surface area (Å²) in [5.41, 5.74) is 8.24. The fourth-order valence-electron chi connectivity index (χ4n) is 1.91. The molecule has 19 heavy (non-hydrogen) atoms. The number of anilines is 2. The average molecular weight is 323 g/mol. The van der Waals surface area contributed by atoms with Gasteiger partial charge >= 0.3 is 0 Å². The standard InChI is InChI=1S/C15H16BrFN2/c1-19(14-4-2-3-13(18)10-14)8-7-11-9-12(16)5-6-15(11)17/h2-6,9-10H,7-8,18H2,1H3. The number of hydrogen-bond donors (Lipinski definition) is 1. The first kappa shape index (κ1) is 13.9. The van der Waals surface area contributed by atoms with Crippen molar-refractivity contribution in [3.05, 3.63) is 58.3 Å². The molecule has 0 radical (unpaired) electrons. The predicted octanol–water partition coefficient (Wildman–Crippen LogP) is 3.85. The summed E-state index contributed by atoms with van der Waals surface area (Å²) in [4.78, 5) is 2.07. The molecular formula is C15H16BrFN2. The molecule has 0 fully saturated rings. The SMILES string of the molecule is CN(CCc1cc(Br)ccc1F)c1cccc(N)c1. The van der Waals surface area contributed by atoms with Crippen LogP contribution < -0.4 is 10.6 Å². The molecule has 0 saturated heterocycles. The Morgan fingerprint density at radius 2 is 2.00 bits per heavy atom. The van der Waals surface area contributed by atoms with Crippen molar-refractivity contribution in [3.8, 4) is 0 Å². The first-order chi connectivity index (χ1) is 9.06. The fourth-order valence-corrected chi connectivity index (χ4v) is 2.32. The molecule has 0 spiro atoms. The number of halogens is 2. The molecule has 2 N–H and O–H groups in total. The van der Waals surface area contributed by atoms with Crippen LogP contribution in [0.2, 0.25) is 0 Å². The van der Waals surface area contributed by atoms with Gasteiger partial charge in [0.1, 0.15) is 5.82 Å². The molecule has 2 aromatic carbocycles. The van der Waals surface area contributed by atoms with Crippen LogP contribution >= 0.6 is 15.9 Å². The topological polar surface area (TPSA) is 29.3 Å². The third-order valence-corrected chi connectivity index (χ3v) is 3.53. The summed E-state index contributed by atoms with van der Waals surface area (Å²) >= 11 is 3.36. The Kier molecular flexibility index (Phi) is 4.43. The zero-order valence-electron chi connectivity index (χ0n) is 10.7. The summed E-state index contributed by atoms with van der Waals surface area (Å²) in [5.74, 6) is -0.163. The molecule has 4 heteroatoms. The third-order valence-electron chi connectivity index (χ3n) is 3.04. The van der Waals surface area contributed by atoms with Crippen LogP contribution in [0.1, 0.15) is 5.56 Å². The van der Waals surface area contributed by atoms with E-state index < -0.39 is 0 Å². The number of hydrogen-bond acceptors (Lipinski definition) is 2. The van der Waals surface area contributed by atoms with Gasteiger partial charge in [-0.3, -0.25) is 0 Å². The Balaban J connectivity index is 2.04. The van der Waals surface area contributed by atoms with Crippen LogP contribution in [0.4, 0.5) is 15.8 Å². The number of nitrogens with zero attached hydrogens (tertiary/aromatic N) is 1. The van der Waals surface area contributed by atoms with Crippen molar-refractivity contribution >= 4 is 27.3 Å². The summed E-state index contributed by atoms with van der Waals surface area (Å²) in [5, 5.41) is 0. The van der Waals surface area contributed by atoms with Crippen LogP contribution in [0.15, 0.2) is 46.9 Å². The molecule has 100 valence electrons. The van der Waals surface area contributed by atoms with Crippen LogP contribution in [-0.2, 0) is 6.42 Å². The van der Waals surface area contributed by atoms with Crippen molar-refractivity contribution in [1.29, 1.82) is 0 Å². The lowest BCUT2D eigenvalue weighted by atomic mass is 10.1. The number of likely N-dealkylation sites (N-methyl/N-ethyl adjacent to an activating group) is 1. The second-order valence-electron chi connectivity index (χ2n) is 4.50. The Morgan fingerprint density at radius 3 is 2.74 bits per heavy atom. The lowest BCUT2D eigenvalue weighted by Crippen LogP contribution is -2.20. The molecular weight excluding hydrogens is 307 g/mol. The third kappa shape index (κ3) is 3.70. The zero-order chi connectivity index (χ0) is 13.8. The molecule has 2 rings (SSSR count). The van der Waals surface area contributed by atoms with E-state index in [1.54, 1.807) is 6.07 Å². The van der Waals surface area contributed by atoms with E-state index in [-0.39, 0.29) is 5.82 Å². The van der Waals surface area contributed by atoms with E-state index in [1.165, 1.54) is 6.07 Å². The Labute approximate surface area is 121 Å². The highest BCUT2D eigenvalue weighted by Crippen LogP contribution is 2.19. The molecule has 0 aliphatic carbocycles. The molecule has 0 amide bonds. The second kappa shape index (κ2) is 6.06. The largest absolute Gasteiger partial charge is 0.399 e. The van der Waals surface area contributed by atoms with Gasteiger partial charge in [-0.2, -0.15) is 0 Å². The van der Waals surface area contributed by atoms with Crippen molar-refractivity contribution in [3.63, 3.8) is 0 Å². The van der Waals surface area contributed by atoms with Gasteiger partial charge in [-0.1, -0.05) is 22.0 Å². The Hall–Kier alpha value is -1.55. The van der Waals surface area contributed by atoms with E-state index >= 15 is 0 Å². The molecule has 0 saturated carbocycles. The van der Waals surface area contributed by atoms with Gasteiger partial charge in [-0.25, -0.2) is 4.39 Å². The van der Waals surface area contributed by atoms with Crippen LogP contribution in [0, 0.1) is 5.82 Å². The molecule has 2 nitrogen and oxygen atoms in total. The summed E-state index contributed by atoms with van der Waals surface area (Å²) in [7, 11) is 1.98. The van der Waals surface area contributed by atoms with E-state index in [1.807, 2.05) is 37.4 Å². The molecule has 0 aliphatic heterocycles. The van der Waals surface area contributed by atoms with Crippen molar-refractivity contribution in [2.75, 3.05) is 24.2 Å². The van der Waals surface area contributed by atoms with Crippen LogP contribution in [0.3, 0.4) is 0 Å². The van der Waals surface area contributed by atoms with Crippen molar-refractivity contribution < 1.29 is 4.39 Å². The quantitative estimate of drug-likeness (QED) is 0.866. The number of nitrogens with two attached hydrogens (primary N) is 1. The smallest absolute Gasteiger partial charge is 0.126 e. The van der Waals surface area contributed by atoms with Crippen molar-refractivity contribution in [2.24, 2.45) is 0 Å². The minimum atomic E-state index is -0.163. The average Bonchev–Trinajstić information content (AvgIpc) is 2.39. The van der Waals surface area contributed by atoms with Gasteiger partial charge in [0.2, 0.25) is 0 Å². The summed E-state index contributed by atoms with van der Waals surface area (Å²) in [6.07, 6.45) is 0.649. The molecule has 0 atom stereocenters. The number of rotatable bonds is 4. The lowest BCUT2D eigenvalue weighted by molar-refractivity contribution is 0.608. The highest BCUT2D eigenvalue weighted by molar-refractivity contribution is 9.10. The van der Waals surface area contributed by atoms with Gasteiger partial charge < -0.3 is 10.6 Å². The summed E-state index contributed by atoms with van der Waals surface area (Å²) < 4.78 is 14.5. The molecule has 0 unspecified atom stereocenters. The first-order valence-electron chi connectivity index (χ1n) is 6.07. The zero-order valence-corrected chi connectivity index (χ0v) is 12.3. The molecule has 2 aromatic rings. The number of benzene rings is 2. The fraction of sp³-hybridized carbons (Fsp3) is 0.200. The highest BCUT2D eigenvalue weighted by atomic mass is 79.9. The summed E-state index contributed by atoms with van der Waals surface area (Å²) in [6, 6.07) is 12.7. The van der Waals surface area contributed by atoms with Crippen molar-refractivity contribution in [1.82, 2.24) is 0 Å². The van der Waals surface area contributed by atoms with Gasteiger partial charge in [0.15, 0.2) is 0 Å². The van der Waals surface area contributed by atoms with E-state index in [4.69, 9.17) is 5.73 Å². The van der Waals surface area contributed by atoms with Gasteiger partial charge in [-0.15, -0.1) is 0 Å². The molecule has 0 bridgehead atoms. The Bertz CT molecular complexity index is 572. The number of nitrogen functional groups attached to an aromatic ring is 1. The minimum absolute atomic E-state index is 0.163. The van der Waals surface area contributed by atoms with Crippen LogP contribution in [0.5, 0.6) is 0 Å². The Morgan fingerprint density at radius 1 is 1.21 bits per heavy atom. The van der Waals surface area contributed by atoms with Gasteiger partial charge in [0, 0.05) is 29.4 Å². The second-order valence-corrected chi connectivity index (χ2v) is 5.42.